The van der Waals surface area contributed by atoms with Crippen molar-refractivity contribution >= 4 is 17.7 Å². The van der Waals surface area contributed by atoms with Gasteiger partial charge in [-0.2, -0.15) is 0 Å². The molecule has 4 rings (SSSR count). The molecule has 1 saturated carbocycles. The highest BCUT2D eigenvalue weighted by Gasteiger charge is 2.39. The molecule has 8 nitrogen and oxygen atoms in total. The van der Waals surface area contributed by atoms with Gasteiger partial charge in [-0.1, -0.05) is 31.2 Å². The number of aromatic nitrogens is 1. The zero-order valence-corrected chi connectivity index (χ0v) is 22.6. The number of carboxylic acid groups (broad SMARTS) is 1. The third-order valence-corrected chi connectivity index (χ3v) is 7.59. The van der Waals surface area contributed by atoms with Gasteiger partial charge in [-0.25, -0.2) is 9.78 Å². The van der Waals surface area contributed by atoms with Gasteiger partial charge in [0.15, 0.2) is 0 Å². The van der Waals surface area contributed by atoms with Crippen LogP contribution in [0.3, 0.4) is 0 Å². The molecule has 1 aromatic carbocycles. The van der Waals surface area contributed by atoms with Crippen molar-refractivity contribution < 1.29 is 19.4 Å². The van der Waals surface area contributed by atoms with Gasteiger partial charge in [0.25, 0.3) is 0 Å². The minimum Gasteiger partial charge on any atom is -0.492 e. The van der Waals surface area contributed by atoms with Crippen molar-refractivity contribution in [3.05, 3.63) is 53.7 Å². The first-order valence-electron chi connectivity index (χ1n) is 14.1. The first kappa shape index (κ1) is 27.9. The van der Waals surface area contributed by atoms with E-state index in [1.165, 1.54) is 5.56 Å². The second kappa shape index (κ2) is 13.6. The van der Waals surface area contributed by atoms with Gasteiger partial charge < -0.3 is 20.5 Å². The van der Waals surface area contributed by atoms with E-state index in [1.54, 1.807) is 0 Å². The van der Waals surface area contributed by atoms with E-state index in [9.17, 15) is 14.7 Å². The fraction of sp³-hybridized carbons (Fsp3) is 0.567. The van der Waals surface area contributed by atoms with Crippen LogP contribution in [0.1, 0.15) is 63.1 Å². The Morgan fingerprint density at radius 2 is 1.95 bits per heavy atom. The van der Waals surface area contributed by atoms with Gasteiger partial charge >= 0.3 is 5.97 Å². The van der Waals surface area contributed by atoms with Crippen LogP contribution in [0.4, 0.5) is 5.82 Å². The Bertz CT molecular complexity index is 1060. The molecule has 1 aromatic heterocycles. The Labute approximate surface area is 226 Å². The van der Waals surface area contributed by atoms with Gasteiger partial charge in [0.05, 0.1) is 0 Å². The van der Waals surface area contributed by atoms with E-state index >= 15 is 0 Å². The van der Waals surface area contributed by atoms with Crippen molar-refractivity contribution in [3.8, 4) is 5.75 Å². The summed E-state index contributed by atoms with van der Waals surface area (Å²) in [6.45, 7) is 5.68. The van der Waals surface area contributed by atoms with Crippen molar-refractivity contribution in [3.63, 3.8) is 0 Å². The number of hydrogen-bond acceptors (Lipinski definition) is 6. The number of anilines is 1. The largest absolute Gasteiger partial charge is 0.492 e. The molecule has 8 heteroatoms. The van der Waals surface area contributed by atoms with Crippen LogP contribution in [0.15, 0.2) is 42.5 Å². The minimum atomic E-state index is -0.980. The molecule has 1 fully saturated rings. The number of unbranched alkanes of at least 4 members (excludes halogenated alkanes) is 1. The molecule has 1 amide bonds. The molecule has 2 heterocycles. The zero-order chi connectivity index (χ0) is 26.8. The molecule has 0 bridgehead atoms. The molecule has 0 saturated heterocycles. The number of carboxylic acids is 1. The first-order chi connectivity index (χ1) is 18.4. The number of aryl methyl sites for hydroxylation is 2. The summed E-state index contributed by atoms with van der Waals surface area (Å²) in [5, 5.41) is 15.9. The molecule has 2 aromatic rings. The lowest BCUT2D eigenvalue weighted by Gasteiger charge is -2.25. The maximum Gasteiger partial charge on any atom is 0.326 e. The Morgan fingerprint density at radius 3 is 2.71 bits per heavy atom. The monoisotopic (exact) mass is 522 g/mol. The van der Waals surface area contributed by atoms with Crippen LogP contribution >= 0.6 is 0 Å². The van der Waals surface area contributed by atoms with Crippen LogP contribution in [0.5, 0.6) is 5.75 Å². The normalized spacial score (nSPS) is 16.3. The summed E-state index contributed by atoms with van der Waals surface area (Å²) in [4.78, 5) is 31.3. The van der Waals surface area contributed by atoms with Crippen molar-refractivity contribution in [2.24, 2.45) is 5.41 Å². The summed E-state index contributed by atoms with van der Waals surface area (Å²) in [5.41, 5.74) is 2.46. The molecule has 38 heavy (non-hydrogen) atoms. The molecule has 1 atom stereocenters. The first-order valence-corrected chi connectivity index (χ1v) is 14.1. The molecular formula is C30H42N4O4. The number of aliphatic carboxylic acids is 1. The third kappa shape index (κ3) is 9.01. The molecule has 1 aliphatic heterocycles. The van der Waals surface area contributed by atoms with E-state index in [1.807, 2.05) is 30.3 Å². The highest BCUT2D eigenvalue weighted by Crippen LogP contribution is 2.47. The van der Waals surface area contributed by atoms with Gasteiger partial charge in [0, 0.05) is 31.7 Å². The summed E-state index contributed by atoms with van der Waals surface area (Å²) < 4.78 is 5.90. The Balaban J connectivity index is 1.26. The van der Waals surface area contributed by atoms with Crippen LogP contribution in [-0.4, -0.2) is 65.7 Å². The van der Waals surface area contributed by atoms with Crippen LogP contribution < -0.4 is 15.4 Å². The average molecular weight is 523 g/mol. The fourth-order valence-corrected chi connectivity index (χ4v) is 4.89. The quantitative estimate of drug-likeness (QED) is 0.283. The molecule has 0 radical (unpaired) electrons. The number of hydrogen-bond donors (Lipinski definition) is 3. The second-order valence-electron chi connectivity index (χ2n) is 11.0. The van der Waals surface area contributed by atoms with Crippen LogP contribution in [0.25, 0.3) is 0 Å². The number of carbonyl (C=O) groups excluding carboxylic acids is 1. The van der Waals surface area contributed by atoms with Crippen molar-refractivity contribution in [2.45, 2.75) is 70.8 Å². The maximum atomic E-state index is 12.4. The summed E-state index contributed by atoms with van der Waals surface area (Å²) in [7, 11) is 0. The lowest BCUT2D eigenvalue weighted by atomic mass is 10.0. The lowest BCUT2D eigenvalue weighted by Crippen LogP contribution is -2.44. The number of benzene rings is 1. The molecule has 1 aliphatic carbocycles. The van der Waals surface area contributed by atoms with Crippen molar-refractivity contribution in [1.82, 2.24) is 15.2 Å². The summed E-state index contributed by atoms with van der Waals surface area (Å²) in [6.07, 6.45) is 7.96. The summed E-state index contributed by atoms with van der Waals surface area (Å²) in [6, 6.07) is 13.2. The number of fused-ring (bicyclic) bond motifs is 1. The number of para-hydroxylation sites is 1. The lowest BCUT2D eigenvalue weighted by molar-refractivity contribution is -0.142. The van der Waals surface area contributed by atoms with E-state index < -0.39 is 12.0 Å². The number of nitrogens with one attached hydrogen (secondary N) is 2. The number of nitrogens with zero attached hydrogens (tertiary/aromatic N) is 2. The maximum absolute atomic E-state index is 12.4. The van der Waals surface area contributed by atoms with Gasteiger partial charge in [-0.3, -0.25) is 9.69 Å². The van der Waals surface area contributed by atoms with E-state index in [-0.39, 0.29) is 11.3 Å². The Morgan fingerprint density at radius 1 is 1.13 bits per heavy atom. The highest BCUT2D eigenvalue weighted by molar-refractivity contribution is 5.84. The van der Waals surface area contributed by atoms with Crippen LogP contribution in [0.2, 0.25) is 0 Å². The molecule has 3 N–H and O–H groups in total. The van der Waals surface area contributed by atoms with Crippen LogP contribution in [0, 0.1) is 5.41 Å². The molecular weight excluding hydrogens is 480 g/mol. The average Bonchev–Trinajstić information content (AvgIpc) is 3.64. The standard InChI is InChI=1S/C30H42N4O4/c1-30(15-16-30)22-27(35)33-26(29(36)37)14-19-34(20-21-38-25-10-3-2-4-11-25)18-6-5-9-24-13-12-23-8-7-17-31-28(23)32-24/h2-4,10-13,26H,5-9,14-22H2,1H3,(H,31,32)(H,33,35)(H,36,37). The minimum absolute atomic E-state index is 0.0525. The van der Waals surface area contributed by atoms with Gasteiger partial charge in [0.1, 0.15) is 24.2 Å². The third-order valence-electron chi connectivity index (χ3n) is 7.59. The molecule has 1 unspecified atom stereocenters. The van der Waals surface area contributed by atoms with Gasteiger partial charge in [-0.15, -0.1) is 0 Å². The van der Waals surface area contributed by atoms with E-state index in [4.69, 9.17) is 9.72 Å². The van der Waals surface area contributed by atoms with Gasteiger partial charge in [0.2, 0.25) is 5.91 Å². The zero-order valence-electron chi connectivity index (χ0n) is 22.6. The van der Waals surface area contributed by atoms with E-state index in [0.29, 0.717) is 32.5 Å². The van der Waals surface area contributed by atoms with Crippen molar-refractivity contribution in [1.29, 1.82) is 0 Å². The molecule has 206 valence electrons. The number of pyridine rings is 1. The summed E-state index contributed by atoms with van der Waals surface area (Å²) >= 11 is 0. The van der Waals surface area contributed by atoms with Crippen LogP contribution in [-0.2, 0) is 22.4 Å². The van der Waals surface area contributed by atoms with Gasteiger partial charge in [-0.05, 0) is 87.1 Å². The van der Waals surface area contributed by atoms with Crippen molar-refractivity contribution in [2.75, 3.05) is 38.1 Å². The predicted octanol–water partition coefficient (Wildman–Crippen LogP) is 4.29. The smallest absolute Gasteiger partial charge is 0.326 e. The SMILES string of the molecule is CC1(CC(=O)NC(CCN(CCCCc2ccc3c(n2)NCCC3)CCOc2ccccc2)C(=O)O)CC1. The van der Waals surface area contributed by atoms with E-state index in [0.717, 1.165) is 75.3 Å². The highest BCUT2D eigenvalue weighted by atomic mass is 16.5. The molecule has 2 aliphatic rings. The topological polar surface area (TPSA) is 104 Å². The second-order valence-corrected chi connectivity index (χ2v) is 11.0. The fourth-order valence-electron chi connectivity index (χ4n) is 4.89. The number of amides is 1. The summed E-state index contributed by atoms with van der Waals surface area (Å²) in [5.74, 6) is 0.713. The number of carbonyl (C=O) groups is 2. The van der Waals surface area contributed by atoms with E-state index in [2.05, 4.69) is 34.6 Å². The Hall–Kier alpha value is -3.13. The number of rotatable bonds is 16. The number of ether oxygens (including phenoxy) is 1. The molecule has 0 spiro atoms. The Kier molecular flexibility index (Phi) is 9.98. The predicted molar refractivity (Wildman–Crippen MR) is 149 cm³/mol.